The van der Waals surface area contributed by atoms with Gasteiger partial charge in [-0.2, -0.15) is 0 Å². The number of aromatic amines is 1. The van der Waals surface area contributed by atoms with Gasteiger partial charge in [-0.15, -0.1) is 0 Å². The van der Waals surface area contributed by atoms with Crippen LogP contribution < -0.4 is 10.9 Å². The number of fused-ring (bicyclic) bond motifs is 1. The molecule has 24 heavy (non-hydrogen) atoms. The molecule has 1 saturated heterocycles. The van der Waals surface area contributed by atoms with Crippen LogP contribution in [-0.4, -0.2) is 42.5 Å². The van der Waals surface area contributed by atoms with Gasteiger partial charge >= 0.3 is 0 Å². The summed E-state index contributed by atoms with van der Waals surface area (Å²) in [7, 11) is 1.94. The first kappa shape index (κ1) is 16.6. The Morgan fingerprint density at radius 2 is 2.08 bits per heavy atom. The zero-order valence-corrected chi connectivity index (χ0v) is 13.8. The number of amides is 1. The Labute approximate surface area is 139 Å². The van der Waals surface area contributed by atoms with Crippen molar-refractivity contribution in [3.8, 4) is 0 Å². The molecule has 0 saturated carbocycles. The van der Waals surface area contributed by atoms with Crippen molar-refractivity contribution in [2.45, 2.75) is 19.3 Å². The molecule has 1 aromatic heterocycles. The lowest BCUT2D eigenvalue weighted by Gasteiger charge is -2.32. The third-order valence-electron chi connectivity index (χ3n) is 4.74. The highest BCUT2D eigenvalue weighted by atomic mass is 19.1. The number of aromatic nitrogens is 1. The maximum absolute atomic E-state index is 13.6. The molecule has 3 rings (SSSR count). The van der Waals surface area contributed by atoms with E-state index in [-0.39, 0.29) is 17.0 Å². The zero-order valence-electron chi connectivity index (χ0n) is 13.8. The molecule has 128 valence electrons. The fourth-order valence-corrected chi connectivity index (χ4v) is 3.35. The smallest absolute Gasteiger partial charge is 0.254 e. The second-order valence-corrected chi connectivity index (χ2v) is 6.36. The van der Waals surface area contributed by atoms with E-state index in [0.717, 1.165) is 25.8 Å². The van der Waals surface area contributed by atoms with Crippen molar-refractivity contribution in [2.24, 2.45) is 5.92 Å². The van der Waals surface area contributed by atoms with Gasteiger partial charge in [0.15, 0.2) is 0 Å². The third-order valence-corrected chi connectivity index (χ3v) is 4.74. The fraction of sp³-hybridized carbons (Fsp3) is 0.444. The van der Waals surface area contributed by atoms with Crippen LogP contribution in [0.3, 0.4) is 0 Å². The van der Waals surface area contributed by atoms with Crippen LogP contribution in [0.15, 0.2) is 29.1 Å². The first-order valence-electron chi connectivity index (χ1n) is 8.35. The Bertz CT molecular complexity index is 794. The van der Waals surface area contributed by atoms with Crippen molar-refractivity contribution in [1.29, 1.82) is 0 Å². The molecule has 1 amide bonds. The summed E-state index contributed by atoms with van der Waals surface area (Å²) < 4.78 is 13.6. The Morgan fingerprint density at radius 1 is 1.33 bits per heavy atom. The van der Waals surface area contributed by atoms with E-state index in [4.69, 9.17) is 0 Å². The van der Waals surface area contributed by atoms with Gasteiger partial charge in [0.25, 0.3) is 5.91 Å². The van der Waals surface area contributed by atoms with Crippen LogP contribution in [0.2, 0.25) is 0 Å². The molecule has 0 atom stereocenters. The van der Waals surface area contributed by atoms with E-state index in [9.17, 15) is 14.0 Å². The second kappa shape index (κ2) is 7.13. The average Bonchev–Trinajstić information content (AvgIpc) is 2.59. The molecule has 1 fully saturated rings. The normalized spacial score (nSPS) is 15.8. The molecule has 0 aliphatic carbocycles. The summed E-state index contributed by atoms with van der Waals surface area (Å²) in [6, 6.07) is 5.35. The van der Waals surface area contributed by atoms with Crippen LogP contribution in [-0.2, 0) is 0 Å². The molecule has 0 bridgehead atoms. The molecule has 1 aliphatic rings. The third kappa shape index (κ3) is 3.48. The lowest BCUT2D eigenvalue weighted by Crippen LogP contribution is -2.39. The predicted octanol–water partition coefficient (Wildman–Crippen LogP) is 2.13. The van der Waals surface area contributed by atoms with E-state index >= 15 is 0 Å². The van der Waals surface area contributed by atoms with E-state index in [2.05, 4.69) is 10.3 Å². The minimum atomic E-state index is -0.422. The first-order chi connectivity index (χ1) is 11.6. The number of benzene rings is 1. The summed E-state index contributed by atoms with van der Waals surface area (Å²) in [5, 5.41) is 3.61. The van der Waals surface area contributed by atoms with Crippen LogP contribution in [0.1, 0.15) is 29.6 Å². The first-order valence-corrected chi connectivity index (χ1v) is 8.35. The van der Waals surface area contributed by atoms with E-state index in [1.54, 1.807) is 4.90 Å². The van der Waals surface area contributed by atoms with Crippen molar-refractivity contribution in [2.75, 3.05) is 26.7 Å². The number of nitrogens with zero attached hydrogens (tertiary/aromatic N) is 1. The number of H-pyrrole nitrogens is 1. The molecule has 0 radical (unpaired) electrons. The van der Waals surface area contributed by atoms with Crippen LogP contribution in [0.5, 0.6) is 0 Å². The van der Waals surface area contributed by atoms with Crippen LogP contribution in [0.25, 0.3) is 10.9 Å². The minimum absolute atomic E-state index is 0.191. The molecule has 5 nitrogen and oxygen atoms in total. The monoisotopic (exact) mass is 331 g/mol. The Hall–Kier alpha value is -2.21. The fourth-order valence-electron chi connectivity index (χ4n) is 3.35. The predicted molar refractivity (Wildman–Crippen MR) is 91.7 cm³/mol. The van der Waals surface area contributed by atoms with Crippen molar-refractivity contribution < 1.29 is 9.18 Å². The molecule has 2 heterocycles. The summed E-state index contributed by atoms with van der Waals surface area (Å²) in [5.74, 6) is 0.00741. The van der Waals surface area contributed by atoms with E-state index in [0.29, 0.717) is 29.9 Å². The van der Waals surface area contributed by atoms with Gasteiger partial charge in [-0.05, 0) is 57.0 Å². The topological polar surface area (TPSA) is 65.2 Å². The summed E-state index contributed by atoms with van der Waals surface area (Å²) in [5.41, 5.74) is 0.416. The van der Waals surface area contributed by atoms with E-state index in [1.165, 1.54) is 24.3 Å². The maximum Gasteiger partial charge on any atom is 0.254 e. The van der Waals surface area contributed by atoms with Crippen LogP contribution >= 0.6 is 0 Å². The van der Waals surface area contributed by atoms with E-state index < -0.39 is 5.82 Å². The van der Waals surface area contributed by atoms with Gasteiger partial charge in [0, 0.05) is 30.1 Å². The highest BCUT2D eigenvalue weighted by Gasteiger charge is 2.25. The molecule has 1 aliphatic heterocycles. The van der Waals surface area contributed by atoms with Crippen molar-refractivity contribution in [3.05, 3.63) is 46.0 Å². The number of rotatable bonds is 4. The van der Waals surface area contributed by atoms with Crippen LogP contribution in [0, 0.1) is 11.7 Å². The Morgan fingerprint density at radius 3 is 2.79 bits per heavy atom. The number of likely N-dealkylation sites (tertiary alicyclic amines) is 1. The molecule has 1 aromatic carbocycles. The van der Waals surface area contributed by atoms with Gasteiger partial charge in [0.1, 0.15) is 5.82 Å². The summed E-state index contributed by atoms with van der Waals surface area (Å²) in [6.07, 6.45) is 3.03. The lowest BCUT2D eigenvalue weighted by molar-refractivity contribution is 0.0689. The zero-order chi connectivity index (χ0) is 17.1. The number of hydrogen-bond donors (Lipinski definition) is 2. The number of carbonyl (C=O) groups excluding carboxylic acids is 1. The van der Waals surface area contributed by atoms with Crippen molar-refractivity contribution >= 4 is 16.8 Å². The Kier molecular flexibility index (Phi) is 4.94. The SMILES string of the molecule is CNCCC1CCN(C(=O)c2cc(=O)[nH]c3ccc(F)cc23)CC1. The largest absolute Gasteiger partial charge is 0.339 e. The number of nitrogens with one attached hydrogen (secondary N) is 2. The molecule has 0 unspecified atom stereocenters. The molecule has 2 aromatic rings. The van der Waals surface area contributed by atoms with Crippen LogP contribution in [0.4, 0.5) is 4.39 Å². The molecule has 0 spiro atoms. The van der Waals surface area contributed by atoms with Gasteiger partial charge < -0.3 is 15.2 Å². The minimum Gasteiger partial charge on any atom is -0.339 e. The quantitative estimate of drug-likeness (QED) is 0.902. The number of hydrogen-bond acceptors (Lipinski definition) is 3. The summed E-state index contributed by atoms with van der Waals surface area (Å²) in [6.45, 7) is 2.34. The lowest BCUT2D eigenvalue weighted by atomic mass is 9.93. The number of halogens is 1. The molecular formula is C18H22FN3O2. The van der Waals surface area contributed by atoms with Gasteiger partial charge in [-0.3, -0.25) is 9.59 Å². The summed E-state index contributed by atoms with van der Waals surface area (Å²) in [4.78, 5) is 29.1. The standard InChI is InChI=1S/C18H22FN3O2/c1-20-7-4-12-5-8-22(9-6-12)18(24)15-11-17(23)21-16-3-2-13(19)10-14(15)16/h2-3,10-12,20H,4-9H2,1H3,(H,21,23). The molecular weight excluding hydrogens is 309 g/mol. The summed E-state index contributed by atoms with van der Waals surface area (Å²) >= 11 is 0. The number of carbonyl (C=O) groups is 1. The highest BCUT2D eigenvalue weighted by Crippen LogP contribution is 2.23. The van der Waals surface area contributed by atoms with Gasteiger partial charge in [-0.1, -0.05) is 0 Å². The van der Waals surface area contributed by atoms with Gasteiger partial charge in [0.2, 0.25) is 5.56 Å². The molecule has 6 heteroatoms. The molecule has 2 N–H and O–H groups in total. The second-order valence-electron chi connectivity index (χ2n) is 6.36. The maximum atomic E-state index is 13.6. The average molecular weight is 331 g/mol. The Balaban J connectivity index is 1.82. The van der Waals surface area contributed by atoms with E-state index in [1.807, 2.05) is 7.05 Å². The van der Waals surface area contributed by atoms with Crippen molar-refractivity contribution in [1.82, 2.24) is 15.2 Å². The van der Waals surface area contributed by atoms with Gasteiger partial charge in [0.05, 0.1) is 5.56 Å². The highest BCUT2D eigenvalue weighted by molar-refractivity contribution is 6.06. The van der Waals surface area contributed by atoms with Crippen molar-refractivity contribution in [3.63, 3.8) is 0 Å². The number of piperidine rings is 1. The van der Waals surface area contributed by atoms with Gasteiger partial charge in [-0.25, -0.2) is 4.39 Å². The number of pyridine rings is 1.